The molecule has 0 unspecified atom stereocenters. The van der Waals surface area contributed by atoms with Crippen molar-refractivity contribution in [2.75, 3.05) is 38.0 Å². The van der Waals surface area contributed by atoms with Gasteiger partial charge >= 0.3 is 0 Å². The fourth-order valence-corrected chi connectivity index (χ4v) is 5.31. The van der Waals surface area contributed by atoms with Crippen LogP contribution >= 0.6 is 11.3 Å². The summed E-state index contributed by atoms with van der Waals surface area (Å²) in [6, 6.07) is 8.11. The molecular weight excluding hydrogens is 370 g/mol. The Hall–Kier alpha value is -2.18. The number of anilines is 1. The minimum atomic E-state index is 0.00635. The number of nitrogens with zero attached hydrogens (tertiary/aromatic N) is 2. The first-order chi connectivity index (χ1) is 13.5. The van der Waals surface area contributed by atoms with Gasteiger partial charge in [-0.05, 0) is 55.9 Å². The van der Waals surface area contributed by atoms with Crippen molar-refractivity contribution >= 4 is 28.8 Å². The van der Waals surface area contributed by atoms with E-state index in [0.29, 0.717) is 19.6 Å². The number of hydrogen-bond donors (Lipinski definition) is 1. The van der Waals surface area contributed by atoms with Crippen LogP contribution in [0.4, 0.5) is 5.69 Å². The maximum atomic E-state index is 12.8. The molecule has 2 aliphatic rings. The second-order valence-corrected chi connectivity index (χ2v) is 8.93. The molecule has 1 aliphatic carbocycles. The Morgan fingerprint density at radius 2 is 1.79 bits per heavy atom. The molecule has 0 radical (unpaired) electrons. The fraction of sp³-hybridized carbons (Fsp3) is 0.455. The number of benzene rings is 1. The topological polar surface area (TPSA) is 52.7 Å². The van der Waals surface area contributed by atoms with Gasteiger partial charge in [-0.2, -0.15) is 0 Å². The lowest BCUT2D eigenvalue weighted by molar-refractivity contribution is -0.117. The van der Waals surface area contributed by atoms with E-state index in [9.17, 15) is 9.59 Å². The van der Waals surface area contributed by atoms with Crippen LogP contribution in [0.2, 0.25) is 0 Å². The lowest BCUT2D eigenvalue weighted by Crippen LogP contribution is -2.50. The Kier molecular flexibility index (Phi) is 5.51. The predicted octanol–water partition coefficient (Wildman–Crippen LogP) is 3.25. The lowest BCUT2D eigenvalue weighted by atomic mass is 10.1. The Morgan fingerprint density at radius 3 is 2.46 bits per heavy atom. The van der Waals surface area contributed by atoms with Crippen molar-refractivity contribution in [3.05, 3.63) is 50.7 Å². The highest BCUT2D eigenvalue weighted by molar-refractivity contribution is 7.14. The van der Waals surface area contributed by atoms with Gasteiger partial charge in [0.15, 0.2) is 0 Å². The number of thiophene rings is 1. The third-order valence-electron chi connectivity index (χ3n) is 5.73. The van der Waals surface area contributed by atoms with Crippen molar-refractivity contribution in [2.24, 2.45) is 0 Å². The molecule has 0 saturated carbocycles. The second-order valence-electron chi connectivity index (χ2n) is 7.80. The molecule has 2 aromatic rings. The van der Waals surface area contributed by atoms with Crippen LogP contribution in [0, 0.1) is 13.8 Å². The van der Waals surface area contributed by atoms with Gasteiger partial charge in [0.2, 0.25) is 5.91 Å². The third-order valence-corrected chi connectivity index (χ3v) is 6.95. The van der Waals surface area contributed by atoms with Gasteiger partial charge in [0.25, 0.3) is 5.91 Å². The van der Waals surface area contributed by atoms with Crippen molar-refractivity contribution in [3.8, 4) is 0 Å². The Labute approximate surface area is 170 Å². The van der Waals surface area contributed by atoms with Gasteiger partial charge in [-0.15, -0.1) is 11.3 Å². The van der Waals surface area contributed by atoms with Gasteiger partial charge in [-0.1, -0.05) is 18.2 Å². The SMILES string of the molecule is Cc1cccc(C)c1NC(=O)CN1CCN(C(=O)c2cc3c(s2)CCC3)CC1. The molecule has 1 aliphatic heterocycles. The molecule has 148 valence electrons. The van der Waals surface area contributed by atoms with E-state index in [1.165, 1.54) is 16.9 Å². The number of para-hydroxylation sites is 1. The van der Waals surface area contributed by atoms with Crippen LogP contribution in [-0.4, -0.2) is 54.3 Å². The monoisotopic (exact) mass is 397 g/mol. The zero-order chi connectivity index (χ0) is 19.7. The first kappa shape index (κ1) is 19.2. The molecule has 1 aromatic carbocycles. The van der Waals surface area contributed by atoms with E-state index < -0.39 is 0 Å². The highest BCUT2D eigenvalue weighted by Crippen LogP contribution is 2.31. The molecule has 4 rings (SSSR count). The summed E-state index contributed by atoms with van der Waals surface area (Å²) in [5.74, 6) is 0.158. The minimum absolute atomic E-state index is 0.00635. The Morgan fingerprint density at radius 1 is 1.07 bits per heavy atom. The average molecular weight is 398 g/mol. The second kappa shape index (κ2) is 8.05. The molecule has 0 spiro atoms. The van der Waals surface area contributed by atoms with Crippen LogP contribution in [0.15, 0.2) is 24.3 Å². The fourth-order valence-electron chi connectivity index (χ4n) is 4.09. The maximum Gasteiger partial charge on any atom is 0.264 e. The quantitative estimate of drug-likeness (QED) is 0.862. The molecule has 5 nitrogen and oxygen atoms in total. The molecular formula is C22H27N3O2S. The summed E-state index contributed by atoms with van der Waals surface area (Å²) < 4.78 is 0. The summed E-state index contributed by atoms with van der Waals surface area (Å²) in [6.45, 7) is 7.20. The van der Waals surface area contributed by atoms with Gasteiger partial charge in [0, 0.05) is 36.7 Å². The van der Waals surface area contributed by atoms with E-state index in [4.69, 9.17) is 0 Å². The summed E-state index contributed by atoms with van der Waals surface area (Å²) in [7, 11) is 0. The zero-order valence-electron chi connectivity index (χ0n) is 16.6. The van der Waals surface area contributed by atoms with E-state index in [2.05, 4.69) is 16.3 Å². The molecule has 2 heterocycles. The molecule has 0 bridgehead atoms. The van der Waals surface area contributed by atoms with Crippen molar-refractivity contribution in [1.29, 1.82) is 0 Å². The number of fused-ring (bicyclic) bond motifs is 1. The van der Waals surface area contributed by atoms with Crippen molar-refractivity contribution in [3.63, 3.8) is 0 Å². The Balaban J connectivity index is 1.29. The number of hydrogen-bond acceptors (Lipinski definition) is 4. The van der Waals surface area contributed by atoms with Gasteiger partial charge in [0.1, 0.15) is 0 Å². The smallest absolute Gasteiger partial charge is 0.264 e. The van der Waals surface area contributed by atoms with Gasteiger partial charge in [-0.25, -0.2) is 0 Å². The van der Waals surface area contributed by atoms with E-state index >= 15 is 0 Å². The molecule has 1 saturated heterocycles. The average Bonchev–Trinajstić information content (AvgIpc) is 3.27. The number of carbonyl (C=O) groups is 2. The van der Waals surface area contributed by atoms with Gasteiger partial charge < -0.3 is 10.2 Å². The highest BCUT2D eigenvalue weighted by atomic mass is 32.1. The number of aryl methyl sites for hydroxylation is 4. The van der Waals surface area contributed by atoms with Crippen molar-refractivity contribution in [2.45, 2.75) is 33.1 Å². The molecule has 1 aromatic heterocycles. The van der Waals surface area contributed by atoms with Crippen LogP contribution in [0.3, 0.4) is 0 Å². The van der Waals surface area contributed by atoms with Gasteiger partial charge in [0.05, 0.1) is 11.4 Å². The normalized spacial score (nSPS) is 16.9. The summed E-state index contributed by atoms with van der Waals surface area (Å²) in [6.07, 6.45) is 3.46. The number of piperazine rings is 1. The van der Waals surface area contributed by atoms with E-state index in [0.717, 1.165) is 47.6 Å². The van der Waals surface area contributed by atoms with Crippen molar-refractivity contribution in [1.82, 2.24) is 9.80 Å². The highest BCUT2D eigenvalue weighted by Gasteiger charge is 2.26. The molecule has 28 heavy (non-hydrogen) atoms. The standard InChI is InChI=1S/C22H27N3O2S/c1-15-5-3-6-16(2)21(15)23-20(26)14-24-9-11-25(12-10-24)22(27)19-13-17-7-4-8-18(17)28-19/h3,5-6,13H,4,7-12,14H2,1-2H3,(H,23,26). The maximum absolute atomic E-state index is 12.8. The number of nitrogens with one attached hydrogen (secondary N) is 1. The number of carbonyl (C=O) groups excluding carboxylic acids is 2. The van der Waals surface area contributed by atoms with Crippen LogP contribution in [0.5, 0.6) is 0 Å². The van der Waals surface area contributed by atoms with E-state index in [1.54, 1.807) is 11.3 Å². The third kappa shape index (κ3) is 3.98. The Bertz CT molecular complexity index is 855. The first-order valence-corrected chi connectivity index (χ1v) is 10.8. The zero-order valence-corrected chi connectivity index (χ0v) is 17.4. The molecule has 2 amide bonds. The minimum Gasteiger partial charge on any atom is -0.335 e. The summed E-state index contributed by atoms with van der Waals surface area (Å²) in [4.78, 5) is 31.6. The molecule has 6 heteroatoms. The van der Waals surface area contributed by atoms with Crippen LogP contribution < -0.4 is 5.32 Å². The molecule has 0 atom stereocenters. The number of amides is 2. The van der Waals surface area contributed by atoms with Crippen LogP contribution in [0.1, 0.15) is 37.7 Å². The van der Waals surface area contributed by atoms with E-state index in [-0.39, 0.29) is 11.8 Å². The van der Waals surface area contributed by atoms with Crippen LogP contribution in [-0.2, 0) is 17.6 Å². The van der Waals surface area contributed by atoms with Crippen LogP contribution in [0.25, 0.3) is 0 Å². The molecule has 1 fully saturated rings. The molecule has 1 N–H and O–H groups in total. The number of rotatable bonds is 4. The van der Waals surface area contributed by atoms with Crippen molar-refractivity contribution < 1.29 is 9.59 Å². The summed E-state index contributed by atoms with van der Waals surface area (Å²) in [5.41, 5.74) is 4.43. The van der Waals surface area contributed by atoms with E-state index in [1.807, 2.05) is 36.9 Å². The lowest BCUT2D eigenvalue weighted by Gasteiger charge is -2.34. The first-order valence-electron chi connectivity index (χ1n) is 10.0. The summed E-state index contributed by atoms with van der Waals surface area (Å²) in [5, 5.41) is 3.05. The predicted molar refractivity (Wildman–Crippen MR) is 113 cm³/mol. The summed E-state index contributed by atoms with van der Waals surface area (Å²) >= 11 is 1.67. The largest absolute Gasteiger partial charge is 0.335 e. The van der Waals surface area contributed by atoms with Gasteiger partial charge in [-0.3, -0.25) is 14.5 Å².